The molecule has 5 heteroatoms. The van der Waals surface area contributed by atoms with Crippen LogP contribution in [0.1, 0.15) is 5.56 Å². The first-order valence-electron chi connectivity index (χ1n) is 7.99. The fourth-order valence-corrected chi connectivity index (χ4v) is 3.11. The Morgan fingerprint density at radius 3 is 2.60 bits per heavy atom. The van der Waals surface area contributed by atoms with Crippen molar-refractivity contribution in [1.29, 1.82) is 0 Å². The monoisotopic (exact) mass is 327 g/mol. The number of hydrogen-bond donors (Lipinski definition) is 0. The Hall–Kier alpha value is -3.47. The van der Waals surface area contributed by atoms with Crippen molar-refractivity contribution in [3.8, 4) is 17.1 Å². The van der Waals surface area contributed by atoms with Crippen LogP contribution in [0.25, 0.3) is 39.1 Å². The maximum absolute atomic E-state index is 12.8. The summed E-state index contributed by atoms with van der Waals surface area (Å²) in [4.78, 5) is 17.5. The molecule has 1 aliphatic heterocycles. The molecule has 25 heavy (non-hydrogen) atoms. The van der Waals surface area contributed by atoms with E-state index in [9.17, 15) is 4.79 Å². The summed E-state index contributed by atoms with van der Waals surface area (Å²) in [5.41, 5.74) is 3.77. The summed E-state index contributed by atoms with van der Waals surface area (Å²) in [6.45, 7) is 1.76. The molecule has 0 unspecified atom stereocenters. The third-order valence-electron chi connectivity index (χ3n) is 4.41. The van der Waals surface area contributed by atoms with Gasteiger partial charge in [-0.3, -0.25) is 4.79 Å². The van der Waals surface area contributed by atoms with E-state index in [1.54, 1.807) is 11.6 Å². The number of hydrogen-bond acceptors (Lipinski definition) is 4. The molecule has 0 N–H and O–H groups in total. The second-order valence-electron chi connectivity index (χ2n) is 5.98. The molecule has 5 rings (SSSR count). The number of benzene rings is 3. The molecule has 2 heterocycles. The maximum Gasteiger partial charge on any atom is 0.213 e. The van der Waals surface area contributed by atoms with E-state index in [1.165, 1.54) is 0 Å². The molecule has 3 aromatic rings. The molecule has 2 aliphatic rings. The van der Waals surface area contributed by atoms with E-state index in [4.69, 9.17) is 9.40 Å². The highest BCUT2D eigenvalue weighted by molar-refractivity contribution is 5.95. The van der Waals surface area contributed by atoms with Gasteiger partial charge in [-0.1, -0.05) is 30.3 Å². The molecule has 120 valence electrons. The topological polar surface area (TPSA) is 60.9 Å². The van der Waals surface area contributed by atoms with Crippen molar-refractivity contribution in [2.24, 2.45) is 0 Å². The largest absolute Gasteiger partial charge is 0.452 e. The summed E-state index contributed by atoms with van der Waals surface area (Å²) in [7, 11) is 0. The molecule has 5 nitrogen and oxygen atoms in total. The lowest BCUT2D eigenvalue weighted by Crippen LogP contribution is -2.10. The molecule has 0 saturated carbocycles. The predicted octanol–water partition coefficient (Wildman–Crippen LogP) is 3.94. The summed E-state index contributed by atoms with van der Waals surface area (Å²) in [6.07, 6.45) is 1.84. The number of fused-ring (bicyclic) bond motifs is 4. The Labute approximate surface area is 142 Å². The number of nitrogens with zero attached hydrogens (tertiary/aromatic N) is 3. The summed E-state index contributed by atoms with van der Waals surface area (Å²) < 4.78 is 7.69. The van der Waals surface area contributed by atoms with E-state index in [1.807, 2.05) is 60.8 Å². The smallest absolute Gasteiger partial charge is 0.213 e. The van der Waals surface area contributed by atoms with Gasteiger partial charge in [-0.25, -0.2) is 9.67 Å². The molecule has 1 aliphatic carbocycles. The van der Waals surface area contributed by atoms with Gasteiger partial charge in [0, 0.05) is 11.8 Å². The third-order valence-corrected chi connectivity index (χ3v) is 4.41. The second kappa shape index (κ2) is 5.01. The molecule has 0 bridgehead atoms. The van der Waals surface area contributed by atoms with E-state index in [-0.39, 0.29) is 5.43 Å². The molecule has 0 amide bonds. The number of aromatic nitrogens is 3. The van der Waals surface area contributed by atoms with Crippen LogP contribution in [0.15, 0.2) is 70.0 Å². The van der Waals surface area contributed by atoms with E-state index in [0.717, 1.165) is 11.2 Å². The minimum Gasteiger partial charge on any atom is -0.452 e. The Bertz CT molecular complexity index is 1270. The first-order valence-corrected chi connectivity index (χ1v) is 7.99. The first-order chi connectivity index (χ1) is 12.2. The summed E-state index contributed by atoms with van der Waals surface area (Å²) in [6, 6.07) is 17.2. The van der Waals surface area contributed by atoms with Crippen molar-refractivity contribution in [1.82, 2.24) is 14.8 Å². The van der Waals surface area contributed by atoms with Crippen LogP contribution < -0.4 is 5.43 Å². The molecular weight excluding hydrogens is 314 g/mol. The van der Waals surface area contributed by atoms with Gasteiger partial charge < -0.3 is 4.42 Å². The average Bonchev–Trinajstić information content (AvgIpc) is 3.11. The molecule has 0 atom stereocenters. The van der Waals surface area contributed by atoms with Gasteiger partial charge in [-0.05, 0) is 31.2 Å². The summed E-state index contributed by atoms with van der Waals surface area (Å²) in [5, 5.41) is 5.19. The third kappa shape index (κ3) is 1.99. The Morgan fingerprint density at radius 1 is 1.00 bits per heavy atom. The van der Waals surface area contributed by atoms with E-state index in [0.29, 0.717) is 33.5 Å². The normalized spacial score (nSPS) is 11.6. The van der Waals surface area contributed by atoms with Gasteiger partial charge in [-0.15, -0.1) is 0 Å². The molecular formula is C20H13N3O2. The van der Waals surface area contributed by atoms with Crippen LogP contribution in [0.3, 0.4) is 0 Å². The molecule has 0 radical (unpaired) electrons. The quantitative estimate of drug-likeness (QED) is 0.438. The molecule has 1 aromatic heterocycles. The van der Waals surface area contributed by atoms with Crippen LogP contribution in [0.2, 0.25) is 0 Å². The van der Waals surface area contributed by atoms with Crippen molar-refractivity contribution < 1.29 is 4.42 Å². The zero-order chi connectivity index (χ0) is 17.0. The zero-order valence-corrected chi connectivity index (χ0v) is 13.4. The molecule has 2 aromatic carbocycles. The van der Waals surface area contributed by atoms with Crippen LogP contribution in [0, 0.1) is 6.92 Å². The number of rotatable bonds is 1. The second-order valence-corrected chi connectivity index (χ2v) is 5.98. The van der Waals surface area contributed by atoms with Crippen LogP contribution in [0.5, 0.6) is 0 Å². The van der Waals surface area contributed by atoms with Gasteiger partial charge in [0.2, 0.25) is 5.43 Å². The fourth-order valence-electron chi connectivity index (χ4n) is 3.11. The van der Waals surface area contributed by atoms with Crippen LogP contribution in [-0.4, -0.2) is 14.8 Å². The fraction of sp³-hybridized carbons (Fsp3) is 0.0500. The lowest BCUT2D eigenvalue weighted by molar-refractivity contribution is 0.609. The van der Waals surface area contributed by atoms with Gasteiger partial charge in [-0.2, -0.15) is 5.10 Å². The van der Waals surface area contributed by atoms with E-state index < -0.39 is 0 Å². The van der Waals surface area contributed by atoms with Gasteiger partial charge in [0.05, 0.1) is 11.1 Å². The highest BCUT2D eigenvalue weighted by atomic mass is 16.3. The molecule has 0 fully saturated rings. The van der Waals surface area contributed by atoms with Gasteiger partial charge in [0.25, 0.3) is 0 Å². The van der Waals surface area contributed by atoms with E-state index >= 15 is 0 Å². The molecule has 0 spiro atoms. The van der Waals surface area contributed by atoms with Crippen molar-refractivity contribution in [2.45, 2.75) is 6.92 Å². The lowest BCUT2D eigenvalue weighted by Gasteiger charge is -2.09. The zero-order valence-electron chi connectivity index (χ0n) is 13.4. The summed E-state index contributed by atoms with van der Waals surface area (Å²) >= 11 is 0. The van der Waals surface area contributed by atoms with Gasteiger partial charge in [0.1, 0.15) is 16.7 Å². The lowest BCUT2D eigenvalue weighted by atomic mass is 10.1. The van der Waals surface area contributed by atoms with Crippen LogP contribution in [0.4, 0.5) is 0 Å². The Balaban J connectivity index is 1.92. The van der Waals surface area contributed by atoms with Crippen LogP contribution in [-0.2, 0) is 0 Å². The van der Waals surface area contributed by atoms with Crippen molar-refractivity contribution in [3.05, 3.63) is 76.6 Å². The van der Waals surface area contributed by atoms with Crippen molar-refractivity contribution in [2.75, 3.05) is 0 Å². The summed E-state index contributed by atoms with van der Waals surface area (Å²) in [5.74, 6) is 0.517. The Morgan fingerprint density at radius 2 is 1.76 bits per heavy atom. The highest BCUT2D eigenvalue weighted by Gasteiger charge is 2.22. The average molecular weight is 327 g/mol. The SMILES string of the molecule is Cc1c2oc3ccccc3nc-2c2cn(-c3ccccc3)nc2c1=O. The minimum atomic E-state index is -0.127. The van der Waals surface area contributed by atoms with E-state index in [2.05, 4.69) is 5.10 Å². The van der Waals surface area contributed by atoms with Gasteiger partial charge in [0.15, 0.2) is 11.3 Å². The van der Waals surface area contributed by atoms with Crippen molar-refractivity contribution in [3.63, 3.8) is 0 Å². The van der Waals surface area contributed by atoms with Crippen LogP contribution >= 0.6 is 0 Å². The van der Waals surface area contributed by atoms with Gasteiger partial charge >= 0.3 is 0 Å². The maximum atomic E-state index is 12.8. The number of para-hydroxylation sites is 3. The molecule has 0 saturated heterocycles. The minimum absolute atomic E-state index is 0.127. The first kappa shape index (κ1) is 13.9. The standard InChI is InChI=1S/C20H13N3O2/c1-12-19(24)17-14(11-23(22-17)13-7-3-2-4-8-13)18-20(12)25-16-10-6-5-9-15(16)21-18/h2-11H,1H3. The Kier molecular flexibility index (Phi) is 2.79. The van der Waals surface area contributed by atoms with Crippen molar-refractivity contribution >= 4 is 22.0 Å². The predicted molar refractivity (Wildman–Crippen MR) is 96.3 cm³/mol. The highest BCUT2D eigenvalue weighted by Crippen LogP contribution is 2.32.